The van der Waals surface area contributed by atoms with Crippen LogP contribution < -0.4 is 0 Å². The molecule has 1 aromatic rings. The number of aryl methyl sites for hydroxylation is 1. The lowest BCUT2D eigenvalue weighted by Crippen LogP contribution is -2.37. The molecule has 0 saturated carbocycles. The van der Waals surface area contributed by atoms with E-state index in [4.69, 9.17) is 4.74 Å². The summed E-state index contributed by atoms with van der Waals surface area (Å²) < 4.78 is 7.45. The van der Waals surface area contributed by atoms with Gasteiger partial charge in [-0.15, -0.1) is 0 Å². The van der Waals surface area contributed by atoms with Crippen molar-refractivity contribution in [1.29, 1.82) is 0 Å². The molecule has 0 amide bonds. The highest BCUT2D eigenvalue weighted by molar-refractivity contribution is 5.07. The Morgan fingerprint density at radius 3 is 3.06 bits per heavy atom. The zero-order chi connectivity index (χ0) is 12.4. The first kappa shape index (κ1) is 12.1. The summed E-state index contributed by atoms with van der Waals surface area (Å²) in [6.45, 7) is 5.54. The van der Waals surface area contributed by atoms with Gasteiger partial charge >= 0.3 is 0 Å². The van der Waals surface area contributed by atoms with E-state index in [0.29, 0.717) is 6.54 Å². The maximum atomic E-state index is 9.63. The zero-order valence-electron chi connectivity index (χ0n) is 10.7. The quantitative estimate of drug-likeness (QED) is 0.825. The van der Waals surface area contributed by atoms with Gasteiger partial charge in [0.05, 0.1) is 25.0 Å². The molecule has 3 heterocycles. The fourth-order valence-electron chi connectivity index (χ4n) is 2.70. The molecule has 0 radical (unpaired) electrons. The number of hydrogen-bond acceptors (Lipinski definition) is 4. The summed E-state index contributed by atoms with van der Waals surface area (Å²) in [5.41, 5.74) is 1.16. The first-order chi connectivity index (χ1) is 8.81. The maximum Gasteiger partial charge on any atom is 0.109 e. The van der Waals surface area contributed by atoms with E-state index in [9.17, 15) is 5.11 Å². The number of aliphatic hydroxyl groups is 1. The molecule has 1 unspecified atom stereocenters. The van der Waals surface area contributed by atoms with E-state index in [0.717, 1.165) is 63.6 Å². The second-order valence-corrected chi connectivity index (χ2v) is 5.20. The highest BCUT2D eigenvalue weighted by atomic mass is 16.5. The van der Waals surface area contributed by atoms with E-state index in [1.54, 1.807) is 0 Å². The van der Waals surface area contributed by atoms with Crippen molar-refractivity contribution in [2.24, 2.45) is 0 Å². The molecule has 0 bridgehead atoms. The van der Waals surface area contributed by atoms with Gasteiger partial charge in [0.25, 0.3) is 0 Å². The highest BCUT2D eigenvalue weighted by Gasteiger charge is 2.18. The molecule has 5 nitrogen and oxygen atoms in total. The molecule has 100 valence electrons. The minimum absolute atomic E-state index is 0.196. The Labute approximate surface area is 107 Å². The summed E-state index contributed by atoms with van der Waals surface area (Å²) in [5.74, 6) is 1.14. The third-order valence-electron chi connectivity index (χ3n) is 3.81. The van der Waals surface area contributed by atoms with Gasteiger partial charge in [-0.2, -0.15) is 0 Å². The third kappa shape index (κ3) is 2.74. The van der Waals surface area contributed by atoms with Gasteiger partial charge in [0.1, 0.15) is 5.82 Å². The van der Waals surface area contributed by atoms with Crippen molar-refractivity contribution in [2.45, 2.75) is 31.9 Å². The van der Waals surface area contributed by atoms with Gasteiger partial charge in [-0.1, -0.05) is 0 Å². The number of rotatable bonds is 3. The van der Waals surface area contributed by atoms with Gasteiger partial charge in [0, 0.05) is 45.2 Å². The predicted molar refractivity (Wildman–Crippen MR) is 67.5 cm³/mol. The minimum Gasteiger partial charge on any atom is -0.391 e. The van der Waals surface area contributed by atoms with Crippen LogP contribution in [0.5, 0.6) is 0 Å². The molecular formula is C13H21N3O2. The lowest BCUT2D eigenvalue weighted by atomic mass is 10.1. The van der Waals surface area contributed by atoms with Gasteiger partial charge in [0.15, 0.2) is 0 Å². The molecule has 2 aliphatic rings. The Kier molecular flexibility index (Phi) is 3.63. The number of morpholine rings is 1. The number of nitrogens with zero attached hydrogens (tertiary/aromatic N) is 3. The zero-order valence-corrected chi connectivity index (χ0v) is 10.7. The molecule has 0 spiro atoms. The molecule has 1 aromatic heterocycles. The second kappa shape index (κ2) is 5.38. The van der Waals surface area contributed by atoms with Crippen molar-refractivity contribution in [3.05, 3.63) is 17.7 Å². The van der Waals surface area contributed by atoms with Crippen LogP contribution in [-0.2, 0) is 24.1 Å². The molecule has 3 rings (SSSR count). The normalized spacial score (nSPS) is 25.1. The topological polar surface area (TPSA) is 50.5 Å². The summed E-state index contributed by atoms with van der Waals surface area (Å²) >= 11 is 0. The van der Waals surface area contributed by atoms with Crippen molar-refractivity contribution < 1.29 is 9.84 Å². The first-order valence-electron chi connectivity index (χ1n) is 6.84. The molecule has 18 heavy (non-hydrogen) atoms. The molecule has 1 N–H and O–H groups in total. The summed E-state index contributed by atoms with van der Waals surface area (Å²) in [7, 11) is 0. The van der Waals surface area contributed by atoms with Crippen molar-refractivity contribution in [3.63, 3.8) is 0 Å². The van der Waals surface area contributed by atoms with E-state index in [1.165, 1.54) is 0 Å². The predicted octanol–water partition coefficient (Wildman–Crippen LogP) is 0.0649. The van der Waals surface area contributed by atoms with Crippen molar-refractivity contribution in [3.8, 4) is 0 Å². The fraction of sp³-hybridized carbons (Fsp3) is 0.769. The molecule has 1 atom stereocenters. The summed E-state index contributed by atoms with van der Waals surface area (Å²) in [5, 5.41) is 9.63. The van der Waals surface area contributed by atoms with Crippen LogP contribution in [-0.4, -0.2) is 58.5 Å². The minimum atomic E-state index is -0.196. The van der Waals surface area contributed by atoms with Gasteiger partial charge in [-0.25, -0.2) is 4.98 Å². The Morgan fingerprint density at radius 1 is 1.39 bits per heavy atom. The van der Waals surface area contributed by atoms with Crippen LogP contribution in [0.1, 0.15) is 17.9 Å². The van der Waals surface area contributed by atoms with Crippen LogP contribution in [0.15, 0.2) is 6.20 Å². The number of aliphatic hydroxyl groups excluding tert-OH is 1. The fourth-order valence-corrected chi connectivity index (χ4v) is 2.70. The number of fused-ring (bicyclic) bond motifs is 1. The SMILES string of the molecule is OC1CCc2nc(CCN3CCOCC3)cn2C1. The van der Waals surface area contributed by atoms with Gasteiger partial charge in [-0.3, -0.25) is 4.90 Å². The van der Waals surface area contributed by atoms with Crippen LogP contribution in [0.4, 0.5) is 0 Å². The molecule has 1 fully saturated rings. The first-order valence-corrected chi connectivity index (χ1v) is 6.84. The molecular weight excluding hydrogens is 230 g/mol. The highest BCUT2D eigenvalue weighted by Crippen LogP contribution is 2.15. The number of aromatic nitrogens is 2. The van der Waals surface area contributed by atoms with E-state index < -0.39 is 0 Å². The molecule has 5 heteroatoms. The smallest absolute Gasteiger partial charge is 0.109 e. The van der Waals surface area contributed by atoms with Crippen LogP contribution in [0.25, 0.3) is 0 Å². The van der Waals surface area contributed by atoms with Crippen LogP contribution in [0, 0.1) is 0 Å². The van der Waals surface area contributed by atoms with E-state index in [1.807, 2.05) is 0 Å². The Bertz CT molecular complexity index is 399. The Morgan fingerprint density at radius 2 is 2.22 bits per heavy atom. The summed E-state index contributed by atoms with van der Waals surface area (Å²) in [4.78, 5) is 7.09. The average molecular weight is 251 g/mol. The molecule has 2 aliphatic heterocycles. The Balaban J connectivity index is 1.56. The summed E-state index contributed by atoms with van der Waals surface area (Å²) in [6, 6.07) is 0. The van der Waals surface area contributed by atoms with E-state index >= 15 is 0 Å². The van der Waals surface area contributed by atoms with Gasteiger partial charge in [0.2, 0.25) is 0 Å². The van der Waals surface area contributed by atoms with E-state index in [2.05, 4.69) is 20.6 Å². The van der Waals surface area contributed by atoms with Gasteiger partial charge in [-0.05, 0) is 6.42 Å². The van der Waals surface area contributed by atoms with Crippen molar-refractivity contribution >= 4 is 0 Å². The van der Waals surface area contributed by atoms with Crippen LogP contribution in [0.3, 0.4) is 0 Å². The number of hydrogen-bond donors (Lipinski definition) is 1. The van der Waals surface area contributed by atoms with Crippen LogP contribution >= 0.6 is 0 Å². The van der Waals surface area contributed by atoms with E-state index in [-0.39, 0.29) is 6.10 Å². The second-order valence-electron chi connectivity index (χ2n) is 5.20. The standard InChI is InChI=1S/C13H21N3O2/c17-12-1-2-13-14-11(9-16(13)10-12)3-4-15-5-7-18-8-6-15/h9,12,17H,1-8,10H2. The monoisotopic (exact) mass is 251 g/mol. The third-order valence-corrected chi connectivity index (χ3v) is 3.81. The molecule has 0 aromatic carbocycles. The lowest BCUT2D eigenvalue weighted by molar-refractivity contribution is 0.0383. The lowest BCUT2D eigenvalue weighted by Gasteiger charge is -2.26. The maximum absolute atomic E-state index is 9.63. The molecule has 1 saturated heterocycles. The van der Waals surface area contributed by atoms with Crippen molar-refractivity contribution in [1.82, 2.24) is 14.5 Å². The molecule has 0 aliphatic carbocycles. The summed E-state index contributed by atoms with van der Waals surface area (Å²) in [6.07, 6.45) is 4.66. The number of imidazole rings is 1. The number of ether oxygens (including phenoxy) is 1. The Hall–Kier alpha value is -0.910. The van der Waals surface area contributed by atoms with Crippen LogP contribution in [0.2, 0.25) is 0 Å². The van der Waals surface area contributed by atoms with Crippen molar-refractivity contribution in [2.75, 3.05) is 32.8 Å². The average Bonchev–Trinajstić information content (AvgIpc) is 2.79. The largest absolute Gasteiger partial charge is 0.391 e. The van der Waals surface area contributed by atoms with Gasteiger partial charge < -0.3 is 14.4 Å².